The van der Waals surface area contributed by atoms with Gasteiger partial charge in [-0.05, 0) is 58.8 Å². The third-order valence-electron chi connectivity index (χ3n) is 4.59. The van der Waals surface area contributed by atoms with Crippen LogP contribution in [0.4, 0.5) is 0 Å². The molecule has 1 aliphatic heterocycles. The van der Waals surface area contributed by atoms with Crippen molar-refractivity contribution in [2.75, 3.05) is 26.2 Å². The van der Waals surface area contributed by atoms with E-state index < -0.39 is 0 Å². The van der Waals surface area contributed by atoms with Crippen molar-refractivity contribution in [1.82, 2.24) is 10.2 Å². The molecular formula is C19H30N2O2S. The second kappa shape index (κ2) is 9.94. The van der Waals surface area contributed by atoms with Crippen molar-refractivity contribution in [2.24, 2.45) is 0 Å². The van der Waals surface area contributed by atoms with Crippen molar-refractivity contribution in [2.45, 2.75) is 58.8 Å². The number of carbonyl (C=O) groups is 2. The first-order valence-electron chi connectivity index (χ1n) is 9.15. The van der Waals surface area contributed by atoms with Crippen molar-refractivity contribution in [3.05, 3.63) is 21.4 Å². The van der Waals surface area contributed by atoms with Crippen LogP contribution >= 0.6 is 11.3 Å². The summed E-state index contributed by atoms with van der Waals surface area (Å²) in [7, 11) is 0. The Kier molecular flexibility index (Phi) is 7.92. The zero-order chi connectivity index (χ0) is 17.4. The molecule has 1 aromatic heterocycles. The zero-order valence-corrected chi connectivity index (χ0v) is 15.8. The number of rotatable bonds is 8. The number of hydrogen-bond acceptors (Lipinski definition) is 4. The maximum absolute atomic E-state index is 12.2. The number of thiophene rings is 1. The quantitative estimate of drug-likeness (QED) is 0.574. The standard InChI is InChI=1S/C19H30N2O2S/c1-15-14-17(16(2)24-15)18(22)8-9-19(23)20-10-7-13-21-11-5-3-4-6-12-21/h14H,3-13H2,1-2H3,(H,20,23). The molecule has 24 heavy (non-hydrogen) atoms. The summed E-state index contributed by atoms with van der Waals surface area (Å²) < 4.78 is 0. The fourth-order valence-corrected chi connectivity index (χ4v) is 4.19. The van der Waals surface area contributed by atoms with Crippen molar-refractivity contribution in [3.8, 4) is 0 Å². The molecule has 1 fully saturated rings. The normalized spacial score (nSPS) is 15.9. The molecular weight excluding hydrogens is 320 g/mol. The first kappa shape index (κ1) is 19.1. The van der Waals surface area contributed by atoms with Gasteiger partial charge in [0.25, 0.3) is 0 Å². The Morgan fingerprint density at radius 1 is 1.12 bits per heavy atom. The molecule has 2 heterocycles. The summed E-state index contributed by atoms with van der Waals surface area (Å²) in [5.41, 5.74) is 0.784. The van der Waals surface area contributed by atoms with Gasteiger partial charge in [-0.25, -0.2) is 0 Å². The highest BCUT2D eigenvalue weighted by Gasteiger charge is 2.14. The molecule has 0 spiro atoms. The Balaban J connectivity index is 1.59. The van der Waals surface area contributed by atoms with Gasteiger partial charge in [0.1, 0.15) is 0 Å². The third kappa shape index (κ3) is 6.36. The Morgan fingerprint density at radius 2 is 1.83 bits per heavy atom. The van der Waals surface area contributed by atoms with Gasteiger partial charge in [0.15, 0.2) is 5.78 Å². The van der Waals surface area contributed by atoms with Gasteiger partial charge in [-0.3, -0.25) is 9.59 Å². The van der Waals surface area contributed by atoms with E-state index in [1.54, 1.807) is 11.3 Å². The van der Waals surface area contributed by atoms with Crippen LogP contribution in [0.1, 0.15) is 65.1 Å². The van der Waals surface area contributed by atoms with E-state index >= 15 is 0 Å². The lowest BCUT2D eigenvalue weighted by Crippen LogP contribution is -2.30. The van der Waals surface area contributed by atoms with E-state index in [1.807, 2.05) is 19.9 Å². The van der Waals surface area contributed by atoms with Crippen LogP contribution in [0, 0.1) is 13.8 Å². The summed E-state index contributed by atoms with van der Waals surface area (Å²) in [4.78, 5) is 28.8. The first-order valence-corrected chi connectivity index (χ1v) is 9.97. The predicted octanol–water partition coefficient (Wildman–Crippen LogP) is 3.71. The van der Waals surface area contributed by atoms with Crippen molar-refractivity contribution >= 4 is 23.0 Å². The van der Waals surface area contributed by atoms with E-state index in [0.29, 0.717) is 13.0 Å². The largest absolute Gasteiger partial charge is 0.356 e. The number of carbonyl (C=O) groups excluding carboxylic acids is 2. The monoisotopic (exact) mass is 350 g/mol. The average Bonchev–Trinajstić information content (AvgIpc) is 2.76. The smallest absolute Gasteiger partial charge is 0.220 e. The van der Waals surface area contributed by atoms with Gasteiger partial charge < -0.3 is 10.2 Å². The lowest BCUT2D eigenvalue weighted by atomic mass is 10.1. The van der Waals surface area contributed by atoms with Crippen LogP contribution in [0.2, 0.25) is 0 Å². The molecule has 5 heteroatoms. The average molecular weight is 351 g/mol. The van der Waals surface area contributed by atoms with E-state index in [1.165, 1.54) is 38.8 Å². The highest BCUT2D eigenvalue weighted by Crippen LogP contribution is 2.22. The number of amides is 1. The maximum atomic E-state index is 12.2. The highest BCUT2D eigenvalue weighted by molar-refractivity contribution is 7.12. The molecule has 0 unspecified atom stereocenters. The summed E-state index contributed by atoms with van der Waals surface area (Å²) in [6, 6.07) is 1.93. The molecule has 1 amide bonds. The van der Waals surface area contributed by atoms with E-state index in [4.69, 9.17) is 0 Å². The molecule has 0 aromatic carbocycles. The predicted molar refractivity (Wildman–Crippen MR) is 99.9 cm³/mol. The second-order valence-corrected chi connectivity index (χ2v) is 8.17. The van der Waals surface area contributed by atoms with Crippen LogP contribution in [0.3, 0.4) is 0 Å². The number of aryl methyl sites for hydroxylation is 2. The zero-order valence-electron chi connectivity index (χ0n) is 15.0. The second-order valence-electron chi connectivity index (χ2n) is 6.71. The summed E-state index contributed by atoms with van der Waals surface area (Å²) in [6.07, 6.45) is 6.88. The lowest BCUT2D eigenvalue weighted by molar-refractivity contribution is -0.121. The van der Waals surface area contributed by atoms with Crippen LogP contribution in [-0.2, 0) is 4.79 Å². The topological polar surface area (TPSA) is 49.4 Å². The molecule has 0 atom stereocenters. The van der Waals surface area contributed by atoms with Crippen LogP contribution < -0.4 is 5.32 Å². The molecule has 1 aromatic rings. The molecule has 0 bridgehead atoms. The fraction of sp³-hybridized carbons (Fsp3) is 0.684. The molecule has 0 aliphatic carbocycles. The van der Waals surface area contributed by atoms with Crippen molar-refractivity contribution in [3.63, 3.8) is 0 Å². The van der Waals surface area contributed by atoms with E-state index in [2.05, 4.69) is 10.2 Å². The number of nitrogens with one attached hydrogen (secondary N) is 1. The molecule has 2 rings (SSSR count). The Bertz CT molecular complexity index is 546. The maximum Gasteiger partial charge on any atom is 0.220 e. The minimum absolute atomic E-state index is 0.0104. The van der Waals surface area contributed by atoms with E-state index in [9.17, 15) is 9.59 Å². The number of likely N-dealkylation sites (tertiary alicyclic amines) is 1. The molecule has 1 aliphatic rings. The van der Waals surface area contributed by atoms with Crippen LogP contribution in [-0.4, -0.2) is 42.8 Å². The van der Waals surface area contributed by atoms with Gasteiger partial charge in [0, 0.05) is 34.7 Å². The lowest BCUT2D eigenvalue weighted by Gasteiger charge is -2.19. The van der Waals surface area contributed by atoms with Crippen molar-refractivity contribution < 1.29 is 9.59 Å². The number of ketones is 1. The Morgan fingerprint density at radius 3 is 2.46 bits per heavy atom. The Labute approximate surface area is 149 Å². The molecule has 1 saturated heterocycles. The SMILES string of the molecule is Cc1cc(C(=O)CCC(=O)NCCCN2CCCCCC2)c(C)s1. The molecule has 1 N–H and O–H groups in total. The van der Waals surface area contributed by atoms with Gasteiger partial charge in [-0.15, -0.1) is 11.3 Å². The van der Waals surface area contributed by atoms with Crippen molar-refractivity contribution in [1.29, 1.82) is 0 Å². The van der Waals surface area contributed by atoms with Gasteiger partial charge >= 0.3 is 0 Å². The molecule has 0 saturated carbocycles. The summed E-state index contributed by atoms with van der Waals surface area (Å²) in [5, 5.41) is 2.95. The van der Waals surface area contributed by atoms with Gasteiger partial charge in [-0.2, -0.15) is 0 Å². The van der Waals surface area contributed by atoms with Crippen LogP contribution in [0.25, 0.3) is 0 Å². The number of hydrogen-bond donors (Lipinski definition) is 1. The van der Waals surface area contributed by atoms with Gasteiger partial charge in [-0.1, -0.05) is 12.8 Å². The number of Topliss-reactive ketones (excluding diaryl/α,β-unsaturated/α-hetero) is 1. The fourth-order valence-electron chi connectivity index (χ4n) is 3.25. The highest BCUT2D eigenvalue weighted by atomic mass is 32.1. The van der Waals surface area contributed by atoms with Crippen LogP contribution in [0.15, 0.2) is 6.07 Å². The molecule has 0 radical (unpaired) electrons. The van der Waals surface area contributed by atoms with E-state index in [0.717, 1.165) is 28.3 Å². The van der Waals surface area contributed by atoms with Crippen LogP contribution in [0.5, 0.6) is 0 Å². The first-order chi connectivity index (χ1) is 11.6. The Hall–Kier alpha value is -1.20. The molecule has 4 nitrogen and oxygen atoms in total. The summed E-state index contributed by atoms with van der Waals surface area (Å²) in [5.74, 6) is 0.0698. The third-order valence-corrected chi connectivity index (χ3v) is 5.56. The minimum atomic E-state index is -0.0104. The summed E-state index contributed by atoms with van der Waals surface area (Å²) in [6.45, 7) is 8.13. The minimum Gasteiger partial charge on any atom is -0.356 e. The van der Waals surface area contributed by atoms with Gasteiger partial charge in [0.2, 0.25) is 5.91 Å². The number of nitrogens with zero attached hydrogens (tertiary/aromatic N) is 1. The summed E-state index contributed by atoms with van der Waals surface area (Å²) >= 11 is 1.64. The van der Waals surface area contributed by atoms with E-state index in [-0.39, 0.29) is 18.1 Å². The molecule has 134 valence electrons. The van der Waals surface area contributed by atoms with Gasteiger partial charge in [0.05, 0.1) is 0 Å².